The van der Waals surface area contributed by atoms with Crippen molar-refractivity contribution in [2.75, 3.05) is 13.2 Å². The Kier molecular flexibility index (Phi) is 6.37. The second-order valence-corrected chi connectivity index (χ2v) is 2.64. The number of ether oxygens (including phenoxy) is 1. The molecule has 0 aromatic heterocycles. The van der Waals surface area contributed by atoms with Crippen molar-refractivity contribution >= 4 is 23.3 Å². The number of hydrogen-bond acceptors (Lipinski definition) is 3. The smallest absolute Gasteiger partial charge is 0.305 e. The molecule has 0 unspecified atom stereocenters. The van der Waals surface area contributed by atoms with Crippen LogP contribution < -0.4 is 11.1 Å². The predicted octanol–water partition coefficient (Wildman–Crippen LogP) is 0.163. The van der Waals surface area contributed by atoms with Gasteiger partial charge in [-0.3, -0.25) is 4.79 Å². The highest BCUT2D eigenvalue weighted by Gasteiger charge is 1.99. The van der Waals surface area contributed by atoms with E-state index in [1.54, 1.807) is 6.92 Å². The van der Waals surface area contributed by atoms with Crippen LogP contribution in [0.15, 0.2) is 0 Å². The Balaban J connectivity index is 3.19. The molecule has 0 rings (SSSR count). The first-order valence-corrected chi connectivity index (χ1v) is 4.26. The van der Waals surface area contributed by atoms with Gasteiger partial charge in [0.25, 0.3) is 0 Å². The third-order valence-electron chi connectivity index (χ3n) is 1.16. The van der Waals surface area contributed by atoms with E-state index in [1.165, 1.54) is 0 Å². The first-order valence-electron chi connectivity index (χ1n) is 3.85. The maximum Gasteiger partial charge on any atom is 0.305 e. The molecule has 3 N–H and O–H groups in total. The molecule has 70 valence electrons. The zero-order valence-electron chi connectivity index (χ0n) is 7.13. The fourth-order valence-corrected chi connectivity index (χ4v) is 0.780. The van der Waals surface area contributed by atoms with E-state index >= 15 is 0 Å². The molecule has 0 aliphatic carbocycles. The van der Waals surface area contributed by atoms with E-state index in [2.05, 4.69) is 17.5 Å². The summed E-state index contributed by atoms with van der Waals surface area (Å²) in [7, 11) is 0. The van der Waals surface area contributed by atoms with Crippen molar-refractivity contribution in [3.63, 3.8) is 0 Å². The fourth-order valence-electron chi connectivity index (χ4n) is 0.677. The number of esters is 1. The lowest BCUT2D eigenvalue weighted by atomic mass is 10.3. The average molecular weight is 190 g/mol. The summed E-state index contributed by atoms with van der Waals surface area (Å²) in [6.07, 6.45) is 1.10. The van der Waals surface area contributed by atoms with Gasteiger partial charge < -0.3 is 15.8 Å². The van der Waals surface area contributed by atoms with Crippen LogP contribution in [0.5, 0.6) is 0 Å². The lowest BCUT2D eigenvalue weighted by Gasteiger charge is -2.03. The molecule has 0 amide bonds. The number of carbonyl (C=O) groups excluding carboxylic acids is 1. The number of nitrogens with two attached hydrogens (primary N) is 1. The van der Waals surface area contributed by atoms with E-state index in [1.807, 2.05) is 0 Å². The molecule has 0 heterocycles. The summed E-state index contributed by atoms with van der Waals surface area (Å²) in [5, 5.41) is 3.01. The van der Waals surface area contributed by atoms with Crippen LogP contribution in [0.4, 0.5) is 0 Å². The van der Waals surface area contributed by atoms with Crippen molar-refractivity contribution in [1.29, 1.82) is 0 Å². The van der Waals surface area contributed by atoms with E-state index in [4.69, 9.17) is 10.5 Å². The SMILES string of the molecule is CCOC(=O)CCCNC(N)=S. The van der Waals surface area contributed by atoms with Gasteiger partial charge in [0.05, 0.1) is 6.61 Å². The van der Waals surface area contributed by atoms with Crippen LogP contribution in [0.25, 0.3) is 0 Å². The third kappa shape index (κ3) is 7.27. The van der Waals surface area contributed by atoms with E-state index in [0.29, 0.717) is 26.0 Å². The summed E-state index contributed by atoms with van der Waals surface area (Å²) in [6.45, 7) is 2.83. The maximum atomic E-state index is 10.8. The molecule has 12 heavy (non-hydrogen) atoms. The Hall–Kier alpha value is -0.840. The maximum absolute atomic E-state index is 10.8. The molecule has 0 saturated carbocycles. The minimum absolute atomic E-state index is 0.178. The molecule has 0 aromatic carbocycles. The number of nitrogens with one attached hydrogen (secondary N) is 1. The first-order chi connectivity index (χ1) is 5.66. The van der Waals surface area contributed by atoms with Crippen molar-refractivity contribution < 1.29 is 9.53 Å². The highest BCUT2D eigenvalue weighted by atomic mass is 32.1. The zero-order chi connectivity index (χ0) is 9.40. The predicted molar refractivity (Wildman–Crippen MR) is 50.7 cm³/mol. The molecular weight excluding hydrogens is 176 g/mol. The lowest BCUT2D eigenvalue weighted by Crippen LogP contribution is -2.30. The molecule has 0 aliphatic rings. The van der Waals surface area contributed by atoms with Crippen LogP contribution in [-0.4, -0.2) is 24.2 Å². The largest absolute Gasteiger partial charge is 0.466 e. The molecule has 4 nitrogen and oxygen atoms in total. The summed E-state index contributed by atoms with van der Waals surface area (Å²) in [5.41, 5.74) is 5.17. The Morgan fingerprint density at radius 1 is 1.67 bits per heavy atom. The molecule has 0 aliphatic heterocycles. The average Bonchev–Trinajstić information content (AvgIpc) is 1.98. The lowest BCUT2D eigenvalue weighted by molar-refractivity contribution is -0.143. The first kappa shape index (κ1) is 11.2. The summed E-state index contributed by atoms with van der Waals surface area (Å²) in [6, 6.07) is 0. The van der Waals surface area contributed by atoms with Gasteiger partial charge in [-0.05, 0) is 25.6 Å². The molecule has 0 spiro atoms. The number of carbonyl (C=O) groups is 1. The molecule has 0 atom stereocenters. The van der Waals surface area contributed by atoms with Crippen molar-refractivity contribution in [2.45, 2.75) is 19.8 Å². The second kappa shape index (κ2) is 6.84. The summed E-state index contributed by atoms with van der Waals surface area (Å²) in [4.78, 5) is 10.8. The van der Waals surface area contributed by atoms with E-state index in [9.17, 15) is 4.79 Å². The van der Waals surface area contributed by atoms with Crippen molar-refractivity contribution in [3.8, 4) is 0 Å². The Bertz CT molecular complexity index is 161. The van der Waals surface area contributed by atoms with Crippen LogP contribution in [0.3, 0.4) is 0 Å². The van der Waals surface area contributed by atoms with Crippen molar-refractivity contribution in [1.82, 2.24) is 5.32 Å². The van der Waals surface area contributed by atoms with Gasteiger partial charge in [0.15, 0.2) is 5.11 Å². The van der Waals surface area contributed by atoms with Gasteiger partial charge in [-0.15, -0.1) is 0 Å². The summed E-state index contributed by atoms with van der Waals surface area (Å²) in [5.74, 6) is -0.178. The number of thiocarbonyl (C=S) groups is 1. The van der Waals surface area contributed by atoms with Gasteiger partial charge in [0, 0.05) is 13.0 Å². The molecule has 5 heteroatoms. The van der Waals surface area contributed by atoms with Crippen LogP contribution >= 0.6 is 12.2 Å². The Labute approximate surface area is 77.5 Å². The minimum atomic E-state index is -0.178. The highest BCUT2D eigenvalue weighted by molar-refractivity contribution is 7.80. The molecule has 0 fully saturated rings. The second-order valence-electron chi connectivity index (χ2n) is 2.20. The van der Waals surface area contributed by atoms with E-state index in [0.717, 1.165) is 0 Å². The third-order valence-corrected chi connectivity index (χ3v) is 1.31. The topological polar surface area (TPSA) is 64.3 Å². The van der Waals surface area contributed by atoms with Crippen LogP contribution in [0.1, 0.15) is 19.8 Å². The molecule has 0 aromatic rings. The fraction of sp³-hybridized carbons (Fsp3) is 0.714. The van der Waals surface area contributed by atoms with Crippen LogP contribution in [-0.2, 0) is 9.53 Å². The standard InChI is InChI=1S/C7H14N2O2S/c1-2-11-6(10)4-3-5-9-7(8)12/h2-5H2,1H3,(H3,8,9,12). The Morgan fingerprint density at radius 3 is 2.83 bits per heavy atom. The zero-order valence-corrected chi connectivity index (χ0v) is 7.95. The molecule has 0 bridgehead atoms. The van der Waals surface area contributed by atoms with Gasteiger partial charge >= 0.3 is 5.97 Å². The number of rotatable bonds is 5. The summed E-state index contributed by atoms with van der Waals surface area (Å²) < 4.78 is 4.72. The summed E-state index contributed by atoms with van der Waals surface area (Å²) >= 11 is 4.58. The molecule has 0 saturated heterocycles. The van der Waals surface area contributed by atoms with Gasteiger partial charge in [-0.1, -0.05) is 0 Å². The van der Waals surface area contributed by atoms with E-state index < -0.39 is 0 Å². The number of hydrogen-bond donors (Lipinski definition) is 2. The van der Waals surface area contributed by atoms with Gasteiger partial charge in [-0.25, -0.2) is 0 Å². The van der Waals surface area contributed by atoms with Gasteiger partial charge in [-0.2, -0.15) is 0 Å². The van der Waals surface area contributed by atoms with E-state index in [-0.39, 0.29) is 11.1 Å². The quantitative estimate of drug-likeness (QED) is 0.367. The minimum Gasteiger partial charge on any atom is -0.466 e. The molecular formula is C7H14N2O2S. The normalized spacial score (nSPS) is 9.08. The monoisotopic (exact) mass is 190 g/mol. The van der Waals surface area contributed by atoms with Gasteiger partial charge in [0.2, 0.25) is 0 Å². The molecule has 0 radical (unpaired) electrons. The Morgan fingerprint density at radius 2 is 2.33 bits per heavy atom. The van der Waals surface area contributed by atoms with Crippen LogP contribution in [0.2, 0.25) is 0 Å². The van der Waals surface area contributed by atoms with Crippen LogP contribution in [0, 0.1) is 0 Å². The van der Waals surface area contributed by atoms with Crippen molar-refractivity contribution in [3.05, 3.63) is 0 Å². The van der Waals surface area contributed by atoms with Gasteiger partial charge in [0.1, 0.15) is 0 Å². The van der Waals surface area contributed by atoms with Crippen molar-refractivity contribution in [2.24, 2.45) is 5.73 Å². The highest BCUT2D eigenvalue weighted by Crippen LogP contribution is 1.90.